The van der Waals surface area contributed by atoms with Gasteiger partial charge in [0.05, 0.1) is 19.1 Å². The summed E-state index contributed by atoms with van der Waals surface area (Å²) in [6.07, 6.45) is 3.16. The molecule has 1 aromatic carbocycles. The van der Waals surface area contributed by atoms with E-state index in [2.05, 4.69) is 5.32 Å². The first-order chi connectivity index (χ1) is 14.9. The molecule has 8 nitrogen and oxygen atoms in total. The van der Waals surface area contributed by atoms with Crippen LogP contribution in [0, 0.1) is 5.92 Å². The highest BCUT2D eigenvalue weighted by Crippen LogP contribution is 2.33. The minimum absolute atomic E-state index is 0.0841. The van der Waals surface area contributed by atoms with Gasteiger partial charge in [0, 0.05) is 50.6 Å². The predicted molar refractivity (Wildman–Crippen MR) is 117 cm³/mol. The van der Waals surface area contributed by atoms with Gasteiger partial charge in [0.1, 0.15) is 0 Å². The van der Waals surface area contributed by atoms with E-state index in [1.54, 1.807) is 0 Å². The van der Waals surface area contributed by atoms with Crippen LogP contribution in [-0.2, 0) is 30.9 Å². The predicted octanol–water partition coefficient (Wildman–Crippen LogP) is 1.79. The SMILES string of the molecule is O=C(NCCc1ccc(Cl)cc1)[C@@H]1CCCN(S(=O)(=O)N2CCC3(CC2)OCCO3)C1. The van der Waals surface area contributed by atoms with Crippen LogP contribution in [0.25, 0.3) is 0 Å². The molecule has 1 amide bonds. The largest absolute Gasteiger partial charge is 0.355 e. The van der Waals surface area contributed by atoms with E-state index >= 15 is 0 Å². The van der Waals surface area contributed by atoms with Crippen molar-refractivity contribution in [2.75, 3.05) is 45.9 Å². The van der Waals surface area contributed by atoms with Crippen LogP contribution in [0.2, 0.25) is 5.02 Å². The summed E-state index contributed by atoms with van der Waals surface area (Å²) in [5.74, 6) is -1.02. The molecule has 0 radical (unpaired) electrons. The molecule has 1 N–H and O–H groups in total. The van der Waals surface area contributed by atoms with Crippen LogP contribution >= 0.6 is 11.6 Å². The van der Waals surface area contributed by atoms with E-state index in [-0.39, 0.29) is 18.4 Å². The molecule has 4 rings (SSSR count). The van der Waals surface area contributed by atoms with E-state index in [0.717, 1.165) is 5.56 Å². The van der Waals surface area contributed by atoms with Crippen LogP contribution in [0.15, 0.2) is 24.3 Å². The Balaban J connectivity index is 1.28. The van der Waals surface area contributed by atoms with Crippen molar-refractivity contribution < 1.29 is 22.7 Å². The molecule has 0 bridgehead atoms. The van der Waals surface area contributed by atoms with Gasteiger partial charge in [-0.15, -0.1) is 0 Å². The molecule has 3 aliphatic heterocycles. The van der Waals surface area contributed by atoms with E-state index in [1.165, 1.54) is 8.61 Å². The minimum Gasteiger partial charge on any atom is -0.355 e. The fraction of sp³-hybridized carbons (Fsp3) is 0.667. The average Bonchev–Trinajstić information content (AvgIpc) is 3.23. The lowest BCUT2D eigenvalue weighted by molar-refractivity contribution is -0.179. The van der Waals surface area contributed by atoms with Gasteiger partial charge in [-0.3, -0.25) is 4.79 Å². The van der Waals surface area contributed by atoms with Crippen molar-refractivity contribution in [1.29, 1.82) is 0 Å². The van der Waals surface area contributed by atoms with Gasteiger partial charge < -0.3 is 14.8 Å². The van der Waals surface area contributed by atoms with Crippen LogP contribution in [0.1, 0.15) is 31.2 Å². The summed E-state index contributed by atoms with van der Waals surface area (Å²) < 4.78 is 40.7. The Hall–Kier alpha value is -1.23. The number of rotatable bonds is 6. The second kappa shape index (κ2) is 9.72. The smallest absolute Gasteiger partial charge is 0.282 e. The van der Waals surface area contributed by atoms with Crippen molar-refractivity contribution >= 4 is 27.7 Å². The van der Waals surface area contributed by atoms with Gasteiger partial charge in [-0.05, 0) is 37.0 Å². The lowest BCUT2D eigenvalue weighted by atomic mass is 9.99. The molecule has 0 aliphatic carbocycles. The first-order valence-corrected chi connectivity index (χ1v) is 12.7. The number of carbonyl (C=O) groups excluding carboxylic acids is 1. The lowest BCUT2D eigenvalue weighted by Crippen LogP contribution is -2.54. The van der Waals surface area contributed by atoms with Gasteiger partial charge in [-0.2, -0.15) is 17.0 Å². The number of amides is 1. The Labute approximate surface area is 189 Å². The van der Waals surface area contributed by atoms with Gasteiger partial charge >= 0.3 is 0 Å². The fourth-order valence-electron chi connectivity index (χ4n) is 4.50. The Morgan fingerprint density at radius 1 is 1.10 bits per heavy atom. The van der Waals surface area contributed by atoms with Gasteiger partial charge in [-0.1, -0.05) is 23.7 Å². The molecule has 10 heteroatoms. The quantitative estimate of drug-likeness (QED) is 0.683. The molecule has 0 unspecified atom stereocenters. The van der Waals surface area contributed by atoms with E-state index in [4.69, 9.17) is 21.1 Å². The zero-order valence-corrected chi connectivity index (χ0v) is 19.2. The van der Waals surface area contributed by atoms with Crippen molar-refractivity contribution in [3.05, 3.63) is 34.9 Å². The van der Waals surface area contributed by atoms with Crippen molar-refractivity contribution in [2.24, 2.45) is 5.92 Å². The van der Waals surface area contributed by atoms with E-state index < -0.39 is 16.0 Å². The number of piperidine rings is 2. The van der Waals surface area contributed by atoms with Crippen molar-refractivity contribution in [3.63, 3.8) is 0 Å². The number of nitrogens with one attached hydrogen (secondary N) is 1. The summed E-state index contributed by atoms with van der Waals surface area (Å²) in [4.78, 5) is 12.7. The van der Waals surface area contributed by atoms with E-state index in [0.29, 0.717) is 76.5 Å². The standard InChI is InChI=1S/C21H30ClN3O5S/c22-19-5-3-17(4-6-19)7-10-23-20(26)18-2-1-11-25(16-18)31(27,28)24-12-8-21(9-13-24)29-14-15-30-21/h3-6,18H,1-2,7-16H2,(H,23,26)/t18-/m1/s1. The third-order valence-corrected chi connectivity index (χ3v) is 8.59. The number of ether oxygens (including phenoxy) is 2. The molecule has 31 heavy (non-hydrogen) atoms. The van der Waals surface area contributed by atoms with E-state index in [1.807, 2.05) is 24.3 Å². The third kappa shape index (κ3) is 5.40. The molecular weight excluding hydrogens is 442 g/mol. The fourth-order valence-corrected chi connectivity index (χ4v) is 6.32. The molecule has 1 atom stereocenters. The van der Waals surface area contributed by atoms with E-state index in [9.17, 15) is 13.2 Å². The summed E-state index contributed by atoms with van der Waals surface area (Å²) in [5, 5.41) is 3.64. The molecule has 0 aromatic heterocycles. The number of benzene rings is 1. The lowest BCUT2D eigenvalue weighted by Gasteiger charge is -2.40. The molecule has 1 spiro atoms. The van der Waals surface area contributed by atoms with Crippen molar-refractivity contribution in [1.82, 2.24) is 13.9 Å². The number of hydrogen-bond donors (Lipinski definition) is 1. The van der Waals surface area contributed by atoms with Crippen LogP contribution in [-0.4, -0.2) is 74.7 Å². The third-order valence-electron chi connectivity index (χ3n) is 6.33. The molecule has 3 aliphatic rings. The van der Waals surface area contributed by atoms with Gasteiger partial charge in [-0.25, -0.2) is 0 Å². The maximum absolute atomic E-state index is 13.2. The summed E-state index contributed by atoms with van der Waals surface area (Å²) in [6, 6.07) is 7.54. The first-order valence-electron chi connectivity index (χ1n) is 10.9. The maximum atomic E-state index is 13.2. The minimum atomic E-state index is -3.60. The summed E-state index contributed by atoms with van der Waals surface area (Å²) in [5.41, 5.74) is 1.09. The number of carbonyl (C=O) groups is 1. The van der Waals surface area contributed by atoms with Crippen molar-refractivity contribution in [3.8, 4) is 0 Å². The zero-order chi connectivity index (χ0) is 21.9. The normalized spacial score (nSPS) is 25.0. The van der Waals surface area contributed by atoms with Crippen LogP contribution in [0.4, 0.5) is 0 Å². The monoisotopic (exact) mass is 471 g/mol. The first kappa shape index (κ1) is 22.9. The van der Waals surface area contributed by atoms with Gasteiger partial charge in [0.2, 0.25) is 5.91 Å². The van der Waals surface area contributed by atoms with Crippen molar-refractivity contribution in [2.45, 2.75) is 37.9 Å². The number of nitrogens with zero attached hydrogens (tertiary/aromatic N) is 2. The molecular formula is C21H30ClN3O5S. The Morgan fingerprint density at radius 3 is 2.45 bits per heavy atom. The van der Waals surface area contributed by atoms with Gasteiger partial charge in [0.25, 0.3) is 10.2 Å². The molecule has 3 fully saturated rings. The van der Waals surface area contributed by atoms with Crippen LogP contribution < -0.4 is 5.32 Å². The molecule has 3 heterocycles. The Morgan fingerprint density at radius 2 is 1.77 bits per heavy atom. The molecule has 3 saturated heterocycles. The molecule has 0 saturated carbocycles. The van der Waals surface area contributed by atoms with Crippen LogP contribution in [0.3, 0.4) is 0 Å². The zero-order valence-electron chi connectivity index (χ0n) is 17.6. The Kier molecular flexibility index (Phi) is 7.20. The van der Waals surface area contributed by atoms with Crippen LogP contribution in [0.5, 0.6) is 0 Å². The second-order valence-electron chi connectivity index (χ2n) is 8.38. The highest BCUT2D eigenvalue weighted by molar-refractivity contribution is 7.86. The highest BCUT2D eigenvalue weighted by Gasteiger charge is 2.44. The number of halogens is 1. The van der Waals surface area contributed by atoms with Gasteiger partial charge in [0.15, 0.2) is 5.79 Å². The second-order valence-corrected chi connectivity index (χ2v) is 10.7. The highest BCUT2D eigenvalue weighted by atomic mass is 35.5. The summed E-state index contributed by atoms with van der Waals surface area (Å²) in [7, 11) is -3.60. The average molecular weight is 472 g/mol. The maximum Gasteiger partial charge on any atom is 0.282 e. The Bertz CT molecular complexity index is 864. The molecule has 1 aromatic rings. The summed E-state index contributed by atoms with van der Waals surface area (Å²) >= 11 is 5.90. The number of hydrogen-bond acceptors (Lipinski definition) is 5. The topological polar surface area (TPSA) is 88.2 Å². The summed E-state index contributed by atoms with van der Waals surface area (Å²) in [6.45, 7) is 3.06. The molecule has 172 valence electrons.